The maximum Gasteiger partial charge on any atom is 0.132 e. The summed E-state index contributed by atoms with van der Waals surface area (Å²) >= 11 is 0. The minimum atomic E-state index is 0.671. The summed E-state index contributed by atoms with van der Waals surface area (Å²) in [6, 6.07) is 0. The lowest BCUT2D eigenvalue weighted by molar-refractivity contribution is 0.402. The fraction of sp³-hybridized carbons (Fsp3) is 0.765. The predicted molar refractivity (Wildman–Crippen MR) is 79.6 cm³/mol. The molecule has 4 rings (SSSR count). The van der Waals surface area contributed by atoms with E-state index in [9.17, 15) is 0 Å². The highest BCUT2D eigenvalue weighted by Gasteiger charge is 2.42. The quantitative estimate of drug-likeness (QED) is 0.918. The average Bonchev–Trinajstić information content (AvgIpc) is 3.10. The van der Waals surface area contributed by atoms with Gasteiger partial charge in [-0.25, -0.2) is 9.97 Å². The first kappa shape index (κ1) is 12.8. The SMILES string of the molecule is CCCc1nc(C2CC3CCC2C3)nc2c1CNCC2. The number of hydrogen-bond donors (Lipinski definition) is 1. The molecule has 0 aromatic carbocycles. The summed E-state index contributed by atoms with van der Waals surface area (Å²) in [5.74, 6) is 3.72. The Morgan fingerprint density at radius 2 is 2.15 bits per heavy atom. The molecular weight excluding hydrogens is 246 g/mol. The number of aryl methyl sites for hydroxylation is 1. The van der Waals surface area contributed by atoms with Crippen LogP contribution in [0.2, 0.25) is 0 Å². The lowest BCUT2D eigenvalue weighted by Crippen LogP contribution is -2.28. The normalized spacial score (nSPS) is 31.6. The third kappa shape index (κ3) is 2.07. The Morgan fingerprint density at radius 3 is 2.90 bits per heavy atom. The molecule has 1 aromatic heterocycles. The molecule has 1 aliphatic heterocycles. The maximum absolute atomic E-state index is 5.03. The molecule has 2 bridgehead atoms. The van der Waals surface area contributed by atoms with Gasteiger partial charge in [0.15, 0.2) is 0 Å². The van der Waals surface area contributed by atoms with Crippen molar-refractivity contribution in [3.63, 3.8) is 0 Å². The summed E-state index contributed by atoms with van der Waals surface area (Å²) in [5.41, 5.74) is 4.09. The molecule has 3 nitrogen and oxygen atoms in total. The minimum absolute atomic E-state index is 0.671. The molecule has 2 heterocycles. The lowest BCUT2D eigenvalue weighted by atomic mass is 9.87. The van der Waals surface area contributed by atoms with E-state index in [-0.39, 0.29) is 0 Å². The smallest absolute Gasteiger partial charge is 0.132 e. The van der Waals surface area contributed by atoms with Gasteiger partial charge < -0.3 is 5.32 Å². The first-order valence-electron chi connectivity index (χ1n) is 8.44. The second-order valence-electron chi connectivity index (χ2n) is 6.91. The Morgan fingerprint density at radius 1 is 1.20 bits per heavy atom. The predicted octanol–water partition coefficient (Wildman–Crippen LogP) is 2.98. The Bertz CT molecular complexity index is 511. The Kier molecular flexibility index (Phi) is 3.25. The number of nitrogens with one attached hydrogen (secondary N) is 1. The molecule has 3 heteroatoms. The van der Waals surface area contributed by atoms with E-state index in [0.29, 0.717) is 5.92 Å². The molecular formula is C17H25N3. The van der Waals surface area contributed by atoms with E-state index in [1.807, 2.05) is 0 Å². The van der Waals surface area contributed by atoms with Gasteiger partial charge in [-0.1, -0.05) is 19.8 Å². The molecule has 2 fully saturated rings. The number of rotatable bonds is 3. The van der Waals surface area contributed by atoms with Gasteiger partial charge in [-0.05, 0) is 37.5 Å². The zero-order valence-electron chi connectivity index (χ0n) is 12.5. The number of hydrogen-bond acceptors (Lipinski definition) is 3. The van der Waals surface area contributed by atoms with Crippen molar-refractivity contribution in [1.82, 2.24) is 15.3 Å². The van der Waals surface area contributed by atoms with E-state index in [0.717, 1.165) is 37.8 Å². The lowest BCUT2D eigenvalue weighted by Gasteiger charge is -2.25. The van der Waals surface area contributed by atoms with Gasteiger partial charge in [-0.2, -0.15) is 0 Å². The van der Waals surface area contributed by atoms with Gasteiger partial charge >= 0.3 is 0 Å². The zero-order chi connectivity index (χ0) is 13.5. The maximum atomic E-state index is 5.03. The number of aromatic nitrogens is 2. The second kappa shape index (κ2) is 5.10. The van der Waals surface area contributed by atoms with E-state index in [1.54, 1.807) is 0 Å². The molecule has 3 unspecified atom stereocenters. The minimum Gasteiger partial charge on any atom is -0.312 e. The highest BCUT2D eigenvalue weighted by Crippen LogP contribution is 2.52. The largest absolute Gasteiger partial charge is 0.312 e. The molecule has 2 aliphatic carbocycles. The molecule has 1 aromatic rings. The molecule has 0 spiro atoms. The van der Waals surface area contributed by atoms with Crippen LogP contribution in [0.4, 0.5) is 0 Å². The van der Waals surface area contributed by atoms with Gasteiger partial charge in [0.25, 0.3) is 0 Å². The molecule has 3 atom stereocenters. The Balaban J connectivity index is 1.71. The summed E-state index contributed by atoms with van der Waals surface area (Å²) in [7, 11) is 0. The molecule has 1 N–H and O–H groups in total. The van der Waals surface area contributed by atoms with Crippen LogP contribution in [0.15, 0.2) is 0 Å². The van der Waals surface area contributed by atoms with Gasteiger partial charge in [0.1, 0.15) is 5.82 Å². The van der Waals surface area contributed by atoms with Gasteiger partial charge in [-0.3, -0.25) is 0 Å². The molecule has 0 saturated heterocycles. The fourth-order valence-corrected chi connectivity index (χ4v) is 4.60. The molecule has 2 saturated carbocycles. The number of nitrogens with zero attached hydrogens (tertiary/aromatic N) is 2. The zero-order valence-corrected chi connectivity index (χ0v) is 12.5. The summed E-state index contributed by atoms with van der Waals surface area (Å²) in [6.45, 7) is 4.30. The van der Waals surface area contributed by atoms with Crippen LogP contribution in [0, 0.1) is 11.8 Å². The van der Waals surface area contributed by atoms with Crippen LogP contribution in [0.25, 0.3) is 0 Å². The van der Waals surface area contributed by atoms with E-state index < -0.39 is 0 Å². The van der Waals surface area contributed by atoms with Crippen molar-refractivity contribution in [1.29, 1.82) is 0 Å². The van der Waals surface area contributed by atoms with E-state index >= 15 is 0 Å². The molecule has 108 valence electrons. The van der Waals surface area contributed by atoms with Crippen molar-refractivity contribution in [2.24, 2.45) is 11.8 Å². The standard InChI is InChI=1S/C17H25N3/c1-2-3-15-14-10-18-7-6-16(14)20-17(19-15)13-9-11-4-5-12(13)8-11/h11-13,18H,2-10H2,1H3. The van der Waals surface area contributed by atoms with Crippen LogP contribution in [0.1, 0.15) is 67.7 Å². The van der Waals surface area contributed by atoms with Crippen molar-refractivity contribution in [2.45, 2.75) is 64.3 Å². The van der Waals surface area contributed by atoms with Gasteiger partial charge in [0.05, 0.1) is 5.69 Å². The molecule has 0 amide bonds. The van der Waals surface area contributed by atoms with Gasteiger partial charge in [-0.15, -0.1) is 0 Å². The highest BCUT2D eigenvalue weighted by molar-refractivity contribution is 5.29. The molecule has 3 aliphatic rings. The highest BCUT2D eigenvalue weighted by atomic mass is 15.0. The van der Waals surface area contributed by atoms with Crippen LogP contribution < -0.4 is 5.32 Å². The summed E-state index contributed by atoms with van der Waals surface area (Å²) in [6.07, 6.45) is 9.05. The van der Waals surface area contributed by atoms with E-state index in [2.05, 4.69) is 12.2 Å². The molecule has 0 radical (unpaired) electrons. The van der Waals surface area contributed by atoms with Crippen LogP contribution >= 0.6 is 0 Å². The van der Waals surface area contributed by atoms with Crippen LogP contribution in [0.3, 0.4) is 0 Å². The van der Waals surface area contributed by atoms with Crippen LogP contribution in [-0.2, 0) is 19.4 Å². The summed E-state index contributed by atoms with van der Waals surface area (Å²) < 4.78 is 0. The Hall–Kier alpha value is -0.960. The first-order chi connectivity index (χ1) is 9.85. The summed E-state index contributed by atoms with van der Waals surface area (Å²) in [4.78, 5) is 10.0. The topological polar surface area (TPSA) is 37.8 Å². The van der Waals surface area contributed by atoms with Crippen molar-refractivity contribution < 1.29 is 0 Å². The fourth-order valence-electron chi connectivity index (χ4n) is 4.60. The summed E-state index contributed by atoms with van der Waals surface area (Å²) in [5, 5.41) is 3.48. The first-order valence-corrected chi connectivity index (χ1v) is 8.44. The third-order valence-electron chi connectivity index (χ3n) is 5.59. The van der Waals surface area contributed by atoms with Crippen molar-refractivity contribution in [3.05, 3.63) is 22.8 Å². The van der Waals surface area contributed by atoms with Crippen molar-refractivity contribution >= 4 is 0 Å². The van der Waals surface area contributed by atoms with E-state index in [1.165, 1.54) is 54.9 Å². The average molecular weight is 271 g/mol. The second-order valence-corrected chi connectivity index (χ2v) is 6.91. The third-order valence-corrected chi connectivity index (χ3v) is 5.59. The van der Waals surface area contributed by atoms with Crippen molar-refractivity contribution in [3.8, 4) is 0 Å². The van der Waals surface area contributed by atoms with Crippen molar-refractivity contribution in [2.75, 3.05) is 6.54 Å². The van der Waals surface area contributed by atoms with Crippen LogP contribution in [-0.4, -0.2) is 16.5 Å². The number of fused-ring (bicyclic) bond motifs is 3. The van der Waals surface area contributed by atoms with Crippen LogP contribution in [0.5, 0.6) is 0 Å². The van der Waals surface area contributed by atoms with E-state index in [4.69, 9.17) is 9.97 Å². The molecule has 20 heavy (non-hydrogen) atoms. The van der Waals surface area contributed by atoms with Gasteiger partial charge in [0, 0.05) is 36.7 Å². The van der Waals surface area contributed by atoms with Gasteiger partial charge in [0.2, 0.25) is 0 Å². The monoisotopic (exact) mass is 271 g/mol. The Labute approximate surface area is 121 Å².